The molecule has 4 heteroatoms. The molecule has 0 radical (unpaired) electrons. The van der Waals surface area contributed by atoms with E-state index in [1.54, 1.807) is 13.4 Å². The van der Waals surface area contributed by atoms with Crippen molar-refractivity contribution >= 4 is 6.34 Å². The molecule has 1 N–H and O–H groups in total. The molecule has 1 fully saturated rings. The molecule has 4 nitrogen and oxygen atoms in total. The minimum Gasteiger partial charge on any atom is -0.376 e. The summed E-state index contributed by atoms with van der Waals surface area (Å²) in [5.41, 5.74) is 0. The van der Waals surface area contributed by atoms with Gasteiger partial charge in [0, 0.05) is 39.8 Å². The smallest absolute Gasteiger partial charge is 0.0820 e. The Kier molecular flexibility index (Phi) is 6.36. The molecule has 1 aliphatic rings. The third-order valence-electron chi connectivity index (χ3n) is 2.86. The Balaban J connectivity index is 1.91. The van der Waals surface area contributed by atoms with Crippen LogP contribution >= 0.6 is 0 Å². The SMILES string of the molecule is C/N=C\NCCCCN1CCN(C)CC1. The first-order valence-electron chi connectivity index (χ1n) is 5.88. The molecule has 0 atom stereocenters. The Morgan fingerprint density at radius 2 is 1.93 bits per heavy atom. The maximum atomic E-state index is 3.88. The van der Waals surface area contributed by atoms with Crippen molar-refractivity contribution in [3.63, 3.8) is 0 Å². The standard InChI is InChI=1S/C11H24N4/c1-12-11-13-5-3-4-6-15-9-7-14(2)8-10-15/h11H,3-10H2,1-2H3,(H,12,13). The maximum absolute atomic E-state index is 3.88. The monoisotopic (exact) mass is 212 g/mol. The van der Waals surface area contributed by atoms with Gasteiger partial charge >= 0.3 is 0 Å². The molecule has 0 amide bonds. The van der Waals surface area contributed by atoms with Crippen molar-refractivity contribution in [1.82, 2.24) is 15.1 Å². The lowest BCUT2D eigenvalue weighted by molar-refractivity contribution is 0.152. The quantitative estimate of drug-likeness (QED) is 0.389. The fourth-order valence-corrected chi connectivity index (χ4v) is 1.79. The molecule has 1 saturated heterocycles. The van der Waals surface area contributed by atoms with Crippen LogP contribution in [0.25, 0.3) is 0 Å². The average Bonchev–Trinajstić information content (AvgIpc) is 2.26. The lowest BCUT2D eigenvalue weighted by atomic mass is 10.2. The van der Waals surface area contributed by atoms with E-state index in [1.165, 1.54) is 45.6 Å². The number of rotatable bonds is 6. The van der Waals surface area contributed by atoms with Crippen LogP contribution in [-0.2, 0) is 0 Å². The van der Waals surface area contributed by atoms with Gasteiger partial charge in [0.05, 0.1) is 6.34 Å². The minimum absolute atomic E-state index is 1.05. The second kappa shape index (κ2) is 7.65. The first-order valence-corrected chi connectivity index (χ1v) is 5.88. The average molecular weight is 212 g/mol. The second-order valence-electron chi connectivity index (χ2n) is 4.19. The maximum Gasteiger partial charge on any atom is 0.0820 e. The van der Waals surface area contributed by atoms with Crippen molar-refractivity contribution < 1.29 is 0 Å². The number of hydrogen-bond acceptors (Lipinski definition) is 3. The summed E-state index contributed by atoms with van der Waals surface area (Å²) in [5.74, 6) is 0. The fraction of sp³-hybridized carbons (Fsp3) is 0.909. The van der Waals surface area contributed by atoms with E-state index in [2.05, 4.69) is 27.2 Å². The van der Waals surface area contributed by atoms with Crippen molar-refractivity contribution in [2.75, 3.05) is 53.4 Å². The van der Waals surface area contributed by atoms with Crippen LogP contribution in [0.1, 0.15) is 12.8 Å². The Morgan fingerprint density at radius 1 is 1.20 bits per heavy atom. The minimum atomic E-state index is 1.05. The van der Waals surface area contributed by atoms with Crippen LogP contribution in [0.2, 0.25) is 0 Å². The Bertz CT molecular complexity index is 173. The number of unbranched alkanes of at least 4 members (excludes halogenated alkanes) is 1. The highest BCUT2D eigenvalue weighted by atomic mass is 15.2. The molecule has 1 aliphatic heterocycles. The lowest BCUT2D eigenvalue weighted by Crippen LogP contribution is -2.44. The number of aliphatic imine (C=N–C) groups is 1. The van der Waals surface area contributed by atoms with Gasteiger partial charge in [-0.1, -0.05) is 0 Å². The summed E-state index contributed by atoms with van der Waals surface area (Å²) in [7, 11) is 3.99. The van der Waals surface area contributed by atoms with Crippen molar-refractivity contribution in [2.45, 2.75) is 12.8 Å². The lowest BCUT2D eigenvalue weighted by Gasteiger charge is -2.32. The Hall–Kier alpha value is -0.610. The van der Waals surface area contributed by atoms with E-state index in [0.717, 1.165) is 6.54 Å². The molecule has 15 heavy (non-hydrogen) atoms. The van der Waals surface area contributed by atoms with Crippen molar-refractivity contribution in [2.24, 2.45) is 4.99 Å². The van der Waals surface area contributed by atoms with Crippen LogP contribution in [0.15, 0.2) is 4.99 Å². The molecule has 0 aliphatic carbocycles. The van der Waals surface area contributed by atoms with Gasteiger partial charge in [-0.15, -0.1) is 0 Å². The van der Waals surface area contributed by atoms with E-state index >= 15 is 0 Å². The summed E-state index contributed by atoms with van der Waals surface area (Å²) in [6.07, 6.45) is 4.29. The molecule has 1 heterocycles. The van der Waals surface area contributed by atoms with Gasteiger partial charge in [-0.05, 0) is 26.4 Å². The third-order valence-corrected chi connectivity index (χ3v) is 2.86. The van der Waals surface area contributed by atoms with E-state index in [0.29, 0.717) is 0 Å². The van der Waals surface area contributed by atoms with Crippen LogP contribution in [0, 0.1) is 0 Å². The number of likely N-dealkylation sites (N-methyl/N-ethyl adjacent to an activating group) is 1. The Morgan fingerprint density at radius 3 is 2.60 bits per heavy atom. The summed E-state index contributed by atoms with van der Waals surface area (Å²) >= 11 is 0. The van der Waals surface area contributed by atoms with Gasteiger partial charge in [0.25, 0.3) is 0 Å². The van der Waals surface area contributed by atoms with Crippen molar-refractivity contribution in [3.05, 3.63) is 0 Å². The first kappa shape index (κ1) is 12.5. The van der Waals surface area contributed by atoms with E-state index in [4.69, 9.17) is 0 Å². The molecule has 0 saturated carbocycles. The van der Waals surface area contributed by atoms with Gasteiger partial charge in [-0.3, -0.25) is 4.99 Å². The topological polar surface area (TPSA) is 30.9 Å². The molecule has 88 valence electrons. The van der Waals surface area contributed by atoms with Gasteiger partial charge in [0.15, 0.2) is 0 Å². The van der Waals surface area contributed by atoms with Gasteiger partial charge in [-0.2, -0.15) is 0 Å². The van der Waals surface area contributed by atoms with Gasteiger partial charge in [-0.25, -0.2) is 0 Å². The summed E-state index contributed by atoms with van der Waals surface area (Å²) < 4.78 is 0. The highest BCUT2D eigenvalue weighted by Gasteiger charge is 2.12. The number of hydrogen-bond donors (Lipinski definition) is 1. The van der Waals surface area contributed by atoms with E-state index in [-0.39, 0.29) is 0 Å². The Labute approximate surface area is 93.3 Å². The molecular formula is C11H24N4. The van der Waals surface area contributed by atoms with Crippen LogP contribution in [-0.4, -0.2) is 69.5 Å². The molecule has 0 aromatic carbocycles. The van der Waals surface area contributed by atoms with Crippen LogP contribution < -0.4 is 5.32 Å². The van der Waals surface area contributed by atoms with Crippen LogP contribution in [0.3, 0.4) is 0 Å². The predicted octanol–water partition coefficient (Wildman–Crippen LogP) is 0.262. The molecule has 0 bridgehead atoms. The highest BCUT2D eigenvalue weighted by molar-refractivity contribution is 5.53. The summed E-state index contributed by atoms with van der Waals surface area (Å²) in [6.45, 7) is 7.21. The van der Waals surface area contributed by atoms with Gasteiger partial charge in [0.2, 0.25) is 0 Å². The molecular weight excluding hydrogens is 188 g/mol. The number of piperazine rings is 1. The normalized spacial score (nSPS) is 19.9. The van der Waals surface area contributed by atoms with E-state index < -0.39 is 0 Å². The zero-order chi connectivity index (χ0) is 10.9. The zero-order valence-electron chi connectivity index (χ0n) is 10.1. The van der Waals surface area contributed by atoms with Crippen molar-refractivity contribution in [1.29, 1.82) is 0 Å². The van der Waals surface area contributed by atoms with E-state index in [9.17, 15) is 0 Å². The van der Waals surface area contributed by atoms with Gasteiger partial charge in [0.1, 0.15) is 0 Å². The molecule has 0 spiro atoms. The largest absolute Gasteiger partial charge is 0.376 e. The summed E-state index contributed by atoms with van der Waals surface area (Å²) in [4.78, 5) is 8.84. The number of nitrogens with zero attached hydrogens (tertiary/aromatic N) is 3. The molecule has 0 aromatic rings. The van der Waals surface area contributed by atoms with E-state index in [1.807, 2.05) is 0 Å². The molecule has 0 unspecified atom stereocenters. The van der Waals surface area contributed by atoms with Gasteiger partial charge < -0.3 is 15.1 Å². The second-order valence-corrected chi connectivity index (χ2v) is 4.19. The summed E-state index contributed by atoms with van der Waals surface area (Å²) in [5, 5.41) is 3.16. The first-order chi connectivity index (χ1) is 7.33. The van der Waals surface area contributed by atoms with Crippen molar-refractivity contribution in [3.8, 4) is 0 Å². The third kappa shape index (κ3) is 5.74. The fourth-order valence-electron chi connectivity index (χ4n) is 1.79. The highest BCUT2D eigenvalue weighted by Crippen LogP contribution is 2.00. The molecule has 1 rings (SSSR count). The zero-order valence-corrected chi connectivity index (χ0v) is 10.1. The number of nitrogens with one attached hydrogen (secondary N) is 1. The van der Waals surface area contributed by atoms with Crippen LogP contribution in [0.4, 0.5) is 0 Å². The molecule has 0 aromatic heterocycles. The van der Waals surface area contributed by atoms with Crippen LogP contribution in [0.5, 0.6) is 0 Å². The summed E-state index contributed by atoms with van der Waals surface area (Å²) in [6, 6.07) is 0. The predicted molar refractivity (Wildman–Crippen MR) is 65.6 cm³/mol.